The van der Waals surface area contributed by atoms with Crippen molar-refractivity contribution >= 4 is 25.1 Å². The Labute approximate surface area is 161 Å². The number of carbonyl (C=O) groups is 2. The highest BCUT2D eigenvalue weighted by Gasteiger charge is 2.52. The van der Waals surface area contributed by atoms with E-state index in [-0.39, 0.29) is 12.5 Å². The van der Waals surface area contributed by atoms with Crippen molar-refractivity contribution in [3.8, 4) is 0 Å². The lowest BCUT2D eigenvalue weighted by Crippen LogP contribution is -2.41. The molecule has 27 heavy (non-hydrogen) atoms. The summed E-state index contributed by atoms with van der Waals surface area (Å²) in [5.41, 5.74) is 2.08. The van der Waals surface area contributed by atoms with E-state index in [1.807, 2.05) is 46.8 Å². The molecule has 0 aliphatic carbocycles. The molecule has 1 heterocycles. The molecule has 0 radical (unpaired) electrons. The van der Waals surface area contributed by atoms with Crippen LogP contribution in [0.1, 0.15) is 56.1 Å². The van der Waals surface area contributed by atoms with Crippen LogP contribution < -0.4 is 5.32 Å². The Hall–Kier alpha value is -2.12. The van der Waals surface area contributed by atoms with E-state index in [9.17, 15) is 9.59 Å². The first-order chi connectivity index (χ1) is 12.5. The first kappa shape index (κ1) is 21.2. The minimum Gasteiger partial charge on any atom is -0.465 e. The molecule has 7 heteroatoms. The molecule has 1 fully saturated rings. The van der Waals surface area contributed by atoms with E-state index in [1.165, 1.54) is 14.0 Å². The molecule has 146 valence electrons. The maximum atomic E-state index is 11.9. The van der Waals surface area contributed by atoms with E-state index < -0.39 is 24.3 Å². The molecule has 0 unspecified atom stereocenters. The fourth-order valence-corrected chi connectivity index (χ4v) is 2.66. The molecule has 1 aliphatic heterocycles. The third-order valence-electron chi connectivity index (χ3n) is 5.14. The van der Waals surface area contributed by atoms with Crippen LogP contribution in [0.3, 0.4) is 0 Å². The average Bonchev–Trinajstić information content (AvgIpc) is 2.79. The van der Waals surface area contributed by atoms with Gasteiger partial charge in [0.1, 0.15) is 0 Å². The van der Waals surface area contributed by atoms with E-state index >= 15 is 0 Å². The number of nitrogens with one attached hydrogen (secondary N) is 1. The number of rotatable bonds is 5. The molecule has 1 N–H and O–H groups in total. The Balaban J connectivity index is 2.43. The van der Waals surface area contributed by atoms with Crippen molar-refractivity contribution in [1.82, 2.24) is 5.32 Å². The molecular formula is C20H28BNO5. The first-order valence-electron chi connectivity index (χ1n) is 8.96. The van der Waals surface area contributed by atoms with Crippen molar-refractivity contribution < 1.29 is 23.6 Å². The molecule has 0 bridgehead atoms. The van der Waals surface area contributed by atoms with Gasteiger partial charge in [0.25, 0.3) is 0 Å². The molecular weight excluding hydrogens is 345 g/mol. The lowest BCUT2D eigenvalue weighted by molar-refractivity contribution is -0.118. The number of aryl methyl sites for hydroxylation is 1. The number of ether oxygens (including phenoxy) is 1. The molecule has 0 spiro atoms. The number of hydrogen-bond donors (Lipinski definition) is 1. The van der Waals surface area contributed by atoms with Gasteiger partial charge in [-0.1, -0.05) is 12.1 Å². The maximum absolute atomic E-state index is 11.9. The lowest BCUT2D eigenvalue weighted by Gasteiger charge is -2.32. The Kier molecular flexibility index (Phi) is 6.17. The van der Waals surface area contributed by atoms with Crippen molar-refractivity contribution in [2.75, 3.05) is 13.7 Å². The fourth-order valence-electron chi connectivity index (χ4n) is 2.66. The summed E-state index contributed by atoms with van der Waals surface area (Å²) in [5.74, 6) is -0.541. The number of methoxy groups -OCH3 is 1. The lowest BCUT2D eigenvalue weighted by atomic mass is 9.76. The zero-order valence-corrected chi connectivity index (χ0v) is 17.1. The van der Waals surface area contributed by atoms with Crippen LogP contribution in [0.15, 0.2) is 23.7 Å². The number of amides is 1. The SMILES string of the molecule is COC(=O)c1ccc(C)c(C=C(CNC(C)=O)B2OC(C)(C)C(C)(C)O2)c1. The number of carbonyl (C=O) groups excluding carboxylic acids is 2. The van der Waals surface area contributed by atoms with Crippen LogP contribution in [-0.4, -0.2) is 43.9 Å². The molecule has 0 aromatic heterocycles. The number of benzene rings is 1. The van der Waals surface area contributed by atoms with Crippen molar-refractivity contribution in [3.05, 3.63) is 40.4 Å². The molecule has 2 rings (SSSR count). The maximum Gasteiger partial charge on any atom is 0.492 e. The molecule has 1 amide bonds. The number of esters is 1. The Bertz CT molecular complexity index is 754. The minimum absolute atomic E-state index is 0.141. The van der Waals surface area contributed by atoms with E-state index in [4.69, 9.17) is 14.0 Å². The van der Waals surface area contributed by atoms with Gasteiger partial charge >= 0.3 is 13.1 Å². The van der Waals surface area contributed by atoms with Crippen molar-refractivity contribution in [2.45, 2.75) is 52.7 Å². The summed E-state index contributed by atoms with van der Waals surface area (Å²) < 4.78 is 17.1. The summed E-state index contributed by atoms with van der Waals surface area (Å²) in [6.07, 6.45) is 1.90. The third kappa shape index (κ3) is 4.79. The third-order valence-corrected chi connectivity index (χ3v) is 5.14. The largest absolute Gasteiger partial charge is 0.492 e. The van der Waals surface area contributed by atoms with Gasteiger partial charge in [-0.05, 0) is 63.4 Å². The van der Waals surface area contributed by atoms with Gasteiger partial charge in [0, 0.05) is 13.5 Å². The minimum atomic E-state index is -0.594. The second kappa shape index (κ2) is 7.86. The van der Waals surface area contributed by atoms with Crippen molar-refractivity contribution in [3.63, 3.8) is 0 Å². The fraction of sp³-hybridized carbons (Fsp3) is 0.500. The van der Waals surface area contributed by atoms with Gasteiger partial charge in [-0.25, -0.2) is 4.79 Å². The Morgan fingerprint density at radius 2 is 1.78 bits per heavy atom. The van der Waals surface area contributed by atoms with E-state index in [1.54, 1.807) is 12.1 Å². The monoisotopic (exact) mass is 373 g/mol. The second-order valence-electron chi connectivity index (χ2n) is 7.78. The smallest absolute Gasteiger partial charge is 0.465 e. The van der Waals surface area contributed by atoms with E-state index in [0.717, 1.165) is 16.6 Å². The Morgan fingerprint density at radius 1 is 1.19 bits per heavy atom. The highest BCUT2D eigenvalue weighted by molar-refractivity contribution is 6.56. The molecule has 1 aliphatic rings. The molecule has 1 saturated heterocycles. The van der Waals surface area contributed by atoms with Crippen LogP contribution in [0.5, 0.6) is 0 Å². The van der Waals surface area contributed by atoms with E-state index in [2.05, 4.69) is 5.32 Å². The van der Waals surface area contributed by atoms with Gasteiger partial charge in [0.05, 0.1) is 23.9 Å². The average molecular weight is 373 g/mol. The summed E-state index contributed by atoms with van der Waals surface area (Å²) in [7, 11) is 0.757. The van der Waals surface area contributed by atoms with Gasteiger partial charge in [-0.15, -0.1) is 0 Å². The van der Waals surface area contributed by atoms with Gasteiger partial charge in [0.2, 0.25) is 5.91 Å². The van der Waals surface area contributed by atoms with Crippen LogP contribution in [0.2, 0.25) is 0 Å². The van der Waals surface area contributed by atoms with Crippen LogP contribution in [-0.2, 0) is 18.8 Å². The molecule has 6 nitrogen and oxygen atoms in total. The predicted molar refractivity (Wildman–Crippen MR) is 105 cm³/mol. The first-order valence-corrected chi connectivity index (χ1v) is 8.96. The van der Waals surface area contributed by atoms with Gasteiger partial charge in [-0.3, -0.25) is 4.79 Å². The number of hydrogen-bond acceptors (Lipinski definition) is 5. The molecule has 0 atom stereocenters. The van der Waals surface area contributed by atoms with E-state index in [0.29, 0.717) is 5.56 Å². The topological polar surface area (TPSA) is 73.9 Å². The van der Waals surface area contributed by atoms with Crippen molar-refractivity contribution in [1.29, 1.82) is 0 Å². The predicted octanol–water partition coefficient (Wildman–Crippen LogP) is 2.93. The summed E-state index contributed by atoms with van der Waals surface area (Å²) in [4.78, 5) is 23.3. The normalized spacial score (nSPS) is 18.3. The highest BCUT2D eigenvalue weighted by atomic mass is 16.7. The standard InChI is InChI=1S/C20H28BNO5/c1-13-8-9-15(18(24)25-7)10-16(13)11-17(12-22-14(2)23)21-26-19(3,4)20(5,6)27-21/h8-11H,12H2,1-7H3,(H,22,23). The quantitative estimate of drug-likeness (QED) is 0.635. The highest BCUT2D eigenvalue weighted by Crippen LogP contribution is 2.38. The summed E-state index contributed by atoms with van der Waals surface area (Å²) >= 11 is 0. The second-order valence-corrected chi connectivity index (χ2v) is 7.78. The van der Waals surface area contributed by atoms with Crippen molar-refractivity contribution in [2.24, 2.45) is 0 Å². The van der Waals surface area contributed by atoms with Gasteiger partial charge in [-0.2, -0.15) is 0 Å². The van der Waals surface area contributed by atoms with Crippen LogP contribution >= 0.6 is 0 Å². The molecule has 0 saturated carbocycles. The molecule has 1 aromatic rings. The Morgan fingerprint density at radius 3 is 2.30 bits per heavy atom. The molecule has 1 aromatic carbocycles. The van der Waals surface area contributed by atoms with Crippen LogP contribution in [0, 0.1) is 6.92 Å². The van der Waals surface area contributed by atoms with Crippen LogP contribution in [0.4, 0.5) is 0 Å². The summed E-state index contributed by atoms with van der Waals surface area (Å²) in [5, 5.41) is 2.81. The zero-order chi connectivity index (χ0) is 20.4. The van der Waals surface area contributed by atoms with Gasteiger partial charge in [0.15, 0.2) is 0 Å². The van der Waals surface area contributed by atoms with Crippen LogP contribution in [0.25, 0.3) is 6.08 Å². The summed E-state index contributed by atoms with van der Waals surface area (Å²) in [6.45, 7) is 11.6. The van der Waals surface area contributed by atoms with Gasteiger partial charge < -0.3 is 19.4 Å². The zero-order valence-electron chi connectivity index (χ0n) is 17.1. The summed E-state index contributed by atoms with van der Waals surface area (Å²) in [6, 6.07) is 5.35.